The third-order valence-corrected chi connectivity index (χ3v) is 1.99. The third kappa shape index (κ3) is 2.39. The second-order valence-corrected chi connectivity index (χ2v) is 3.33. The van der Waals surface area contributed by atoms with Crippen molar-refractivity contribution in [2.24, 2.45) is 5.73 Å². The van der Waals surface area contributed by atoms with Crippen LogP contribution in [-0.2, 0) is 0 Å². The van der Waals surface area contributed by atoms with Gasteiger partial charge in [-0.15, -0.1) is 0 Å². The molecule has 0 bridgehead atoms. The molecule has 0 fully saturated rings. The van der Waals surface area contributed by atoms with Crippen molar-refractivity contribution in [3.63, 3.8) is 0 Å². The van der Waals surface area contributed by atoms with Gasteiger partial charge >= 0.3 is 0 Å². The van der Waals surface area contributed by atoms with Crippen molar-refractivity contribution in [2.45, 2.75) is 12.8 Å². The summed E-state index contributed by atoms with van der Waals surface area (Å²) in [6.07, 6.45) is 1.58. The summed E-state index contributed by atoms with van der Waals surface area (Å²) >= 11 is 0. The molecule has 13 heavy (non-hydrogen) atoms. The Balaban J connectivity index is 2.91. The van der Waals surface area contributed by atoms with E-state index in [1.54, 1.807) is 6.33 Å². The molecule has 0 radical (unpaired) electrons. The number of rotatable bonds is 3. The molecule has 1 unspecified atom stereocenters. The number of anilines is 1. The van der Waals surface area contributed by atoms with Crippen molar-refractivity contribution in [3.8, 4) is 0 Å². The monoisotopic (exact) mass is 180 g/mol. The average Bonchev–Trinajstić information content (AvgIpc) is 2.17. The molecule has 0 aliphatic rings. The number of nitrogens with zero attached hydrogens (tertiary/aromatic N) is 3. The largest absolute Gasteiger partial charge is 0.363 e. The minimum absolute atomic E-state index is 0.293. The van der Waals surface area contributed by atoms with E-state index in [1.807, 2.05) is 25.1 Å². The molecule has 0 spiro atoms. The molecule has 2 N–H and O–H groups in total. The van der Waals surface area contributed by atoms with Crippen molar-refractivity contribution in [3.05, 3.63) is 18.1 Å². The standard InChI is InChI=1S/C9H16N4/c1-7(5-10)8-4-9(13(2)3)12-6-11-8/h4,6-7H,5,10H2,1-3H3. The fraction of sp³-hybridized carbons (Fsp3) is 0.556. The fourth-order valence-electron chi connectivity index (χ4n) is 0.996. The molecular weight excluding hydrogens is 164 g/mol. The first-order valence-corrected chi connectivity index (χ1v) is 4.34. The van der Waals surface area contributed by atoms with Crippen LogP contribution in [0.1, 0.15) is 18.5 Å². The maximum Gasteiger partial charge on any atom is 0.131 e. The zero-order valence-electron chi connectivity index (χ0n) is 8.36. The van der Waals surface area contributed by atoms with E-state index < -0.39 is 0 Å². The first kappa shape index (κ1) is 9.92. The lowest BCUT2D eigenvalue weighted by Crippen LogP contribution is -2.14. The zero-order valence-corrected chi connectivity index (χ0v) is 8.36. The van der Waals surface area contributed by atoms with Crippen molar-refractivity contribution in [1.29, 1.82) is 0 Å². The molecule has 0 saturated carbocycles. The van der Waals surface area contributed by atoms with Crippen molar-refractivity contribution < 1.29 is 0 Å². The van der Waals surface area contributed by atoms with Gasteiger partial charge in [-0.1, -0.05) is 6.92 Å². The summed E-state index contributed by atoms with van der Waals surface area (Å²) in [4.78, 5) is 10.3. The number of hydrogen-bond donors (Lipinski definition) is 1. The summed E-state index contributed by atoms with van der Waals surface area (Å²) in [6.45, 7) is 2.67. The van der Waals surface area contributed by atoms with E-state index in [-0.39, 0.29) is 0 Å². The van der Waals surface area contributed by atoms with Crippen LogP contribution in [0.15, 0.2) is 12.4 Å². The van der Waals surface area contributed by atoms with E-state index in [9.17, 15) is 0 Å². The van der Waals surface area contributed by atoms with Gasteiger partial charge in [0.2, 0.25) is 0 Å². The molecule has 0 amide bonds. The molecule has 1 atom stereocenters. The highest BCUT2D eigenvalue weighted by atomic mass is 15.1. The van der Waals surface area contributed by atoms with E-state index in [4.69, 9.17) is 5.73 Å². The van der Waals surface area contributed by atoms with Crippen LogP contribution in [-0.4, -0.2) is 30.6 Å². The number of hydrogen-bond acceptors (Lipinski definition) is 4. The lowest BCUT2D eigenvalue weighted by molar-refractivity contribution is 0.739. The van der Waals surface area contributed by atoms with Crippen LogP contribution in [0.3, 0.4) is 0 Å². The predicted octanol–water partition coefficient (Wildman–Crippen LogP) is 0.605. The minimum atomic E-state index is 0.293. The number of aromatic nitrogens is 2. The Morgan fingerprint density at radius 3 is 2.69 bits per heavy atom. The van der Waals surface area contributed by atoms with Gasteiger partial charge in [0.05, 0.1) is 0 Å². The van der Waals surface area contributed by atoms with Crippen LogP contribution in [0.4, 0.5) is 5.82 Å². The topological polar surface area (TPSA) is 55.0 Å². The fourth-order valence-corrected chi connectivity index (χ4v) is 0.996. The van der Waals surface area contributed by atoms with Gasteiger partial charge in [-0.05, 0) is 0 Å². The molecule has 1 rings (SSSR count). The average molecular weight is 180 g/mol. The van der Waals surface area contributed by atoms with Crippen LogP contribution >= 0.6 is 0 Å². The predicted molar refractivity (Wildman–Crippen MR) is 53.8 cm³/mol. The number of nitrogens with two attached hydrogens (primary N) is 1. The molecule has 1 aromatic heterocycles. The van der Waals surface area contributed by atoms with Gasteiger partial charge in [0.15, 0.2) is 0 Å². The van der Waals surface area contributed by atoms with Gasteiger partial charge in [0, 0.05) is 38.3 Å². The van der Waals surface area contributed by atoms with E-state index >= 15 is 0 Å². The highest BCUT2D eigenvalue weighted by molar-refractivity contribution is 5.37. The van der Waals surface area contributed by atoms with Crippen LogP contribution in [0, 0.1) is 0 Å². The highest BCUT2D eigenvalue weighted by Crippen LogP contribution is 2.14. The Hall–Kier alpha value is -1.16. The Labute approximate surface area is 78.8 Å². The van der Waals surface area contributed by atoms with Crippen molar-refractivity contribution in [2.75, 3.05) is 25.5 Å². The molecule has 0 aromatic carbocycles. The van der Waals surface area contributed by atoms with Crippen LogP contribution in [0.2, 0.25) is 0 Å². The summed E-state index contributed by atoms with van der Waals surface area (Å²) in [5.74, 6) is 1.21. The summed E-state index contributed by atoms with van der Waals surface area (Å²) in [5, 5.41) is 0. The Kier molecular flexibility index (Phi) is 3.19. The maximum atomic E-state index is 5.56. The first-order chi connectivity index (χ1) is 6.15. The SMILES string of the molecule is CC(CN)c1cc(N(C)C)ncn1. The molecule has 0 aliphatic heterocycles. The normalized spacial score (nSPS) is 12.6. The third-order valence-electron chi connectivity index (χ3n) is 1.99. The van der Waals surface area contributed by atoms with Gasteiger partial charge in [0.25, 0.3) is 0 Å². The molecule has 0 saturated heterocycles. The first-order valence-electron chi connectivity index (χ1n) is 4.34. The quantitative estimate of drug-likeness (QED) is 0.740. The molecule has 1 heterocycles. The molecule has 1 aromatic rings. The second-order valence-electron chi connectivity index (χ2n) is 3.33. The van der Waals surface area contributed by atoms with Crippen molar-refractivity contribution >= 4 is 5.82 Å². The lowest BCUT2D eigenvalue weighted by atomic mass is 10.1. The van der Waals surface area contributed by atoms with E-state index in [2.05, 4.69) is 16.9 Å². The van der Waals surface area contributed by atoms with Crippen molar-refractivity contribution in [1.82, 2.24) is 9.97 Å². The smallest absolute Gasteiger partial charge is 0.131 e. The van der Waals surface area contributed by atoms with E-state index in [0.29, 0.717) is 12.5 Å². The molecule has 4 nitrogen and oxygen atoms in total. The van der Waals surface area contributed by atoms with E-state index in [0.717, 1.165) is 11.5 Å². The summed E-state index contributed by atoms with van der Waals surface area (Å²) in [7, 11) is 3.92. The van der Waals surface area contributed by atoms with E-state index in [1.165, 1.54) is 0 Å². The Morgan fingerprint density at radius 1 is 1.46 bits per heavy atom. The maximum absolute atomic E-state index is 5.56. The zero-order chi connectivity index (χ0) is 9.84. The molecule has 4 heteroatoms. The molecule has 72 valence electrons. The van der Waals surface area contributed by atoms with Crippen LogP contribution in [0.5, 0.6) is 0 Å². The highest BCUT2D eigenvalue weighted by Gasteiger charge is 2.06. The Bertz CT molecular complexity index is 272. The molecule has 0 aliphatic carbocycles. The van der Waals surface area contributed by atoms with Gasteiger partial charge in [-0.3, -0.25) is 0 Å². The Morgan fingerprint density at radius 2 is 2.15 bits per heavy atom. The van der Waals surface area contributed by atoms with Gasteiger partial charge in [-0.2, -0.15) is 0 Å². The van der Waals surface area contributed by atoms with Crippen LogP contribution in [0.25, 0.3) is 0 Å². The lowest BCUT2D eigenvalue weighted by Gasteiger charge is -2.13. The second kappa shape index (κ2) is 4.18. The minimum Gasteiger partial charge on any atom is -0.363 e. The van der Waals surface area contributed by atoms with Crippen LogP contribution < -0.4 is 10.6 Å². The summed E-state index contributed by atoms with van der Waals surface area (Å²) < 4.78 is 0. The van der Waals surface area contributed by atoms with Gasteiger partial charge < -0.3 is 10.6 Å². The summed E-state index contributed by atoms with van der Waals surface area (Å²) in [5.41, 5.74) is 6.56. The van der Waals surface area contributed by atoms with Gasteiger partial charge in [0.1, 0.15) is 12.1 Å². The summed E-state index contributed by atoms with van der Waals surface area (Å²) in [6, 6.07) is 1.97. The molecular formula is C9H16N4. The van der Waals surface area contributed by atoms with Gasteiger partial charge in [-0.25, -0.2) is 9.97 Å².